The van der Waals surface area contributed by atoms with Gasteiger partial charge in [-0.15, -0.1) is 0 Å². The lowest BCUT2D eigenvalue weighted by atomic mass is 10.2. The molecule has 0 radical (unpaired) electrons. The highest BCUT2D eigenvalue weighted by Gasteiger charge is 2.22. The molecule has 0 aromatic heterocycles. The zero-order valence-corrected chi connectivity index (χ0v) is 16.1. The van der Waals surface area contributed by atoms with Crippen molar-refractivity contribution in [1.29, 1.82) is 0 Å². The van der Waals surface area contributed by atoms with Gasteiger partial charge in [-0.2, -0.15) is 0 Å². The number of carbonyl (C=O) groups excluding carboxylic acids is 1. The highest BCUT2D eigenvalue weighted by molar-refractivity contribution is 5.89. The summed E-state index contributed by atoms with van der Waals surface area (Å²) in [6.07, 6.45) is 2.37. The maximum absolute atomic E-state index is 12.1. The molecule has 2 rings (SSSR count). The third kappa shape index (κ3) is 6.21. The molecule has 1 fully saturated rings. The maximum atomic E-state index is 12.1. The van der Waals surface area contributed by atoms with E-state index in [2.05, 4.69) is 65.5 Å². The Morgan fingerprint density at radius 1 is 1.24 bits per heavy atom. The molecule has 0 saturated carbocycles. The van der Waals surface area contributed by atoms with Gasteiger partial charge in [0.25, 0.3) is 0 Å². The van der Waals surface area contributed by atoms with Gasteiger partial charge in [-0.3, -0.25) is 4.90 Å². The fraction of sp³-hybridized carbons (Fsp3) is 0.632. The number of nitrogens with zero attached hydrogens (tertiary/aromatic N) is 3. The predicted molar refractivity (Wildman–Crippen MR) is 106 cm³/mol. The number of likely N-dealkylation sites (N-methyl/N-ethyl adjacent to an activating group) is 2. The molecule has 1 aliphatic heterocycles. The molecule has 1 saturated heterocycles. The topological polar surface area (TPSA) is 50.9 Å². The fourth-order valence-corrected chi connectivity index (χ4v) is 3.03. The fourth-order valence-electron chi connectivity index (χ4n) is 3.03. The zero-order chi connectivity index (χ0) is 18.2. The third-order valence-electron chi connectivity index (χ3n) is 4.89. The van der Waals surface area contributed by atoms with Gasteiger partial charge >= 0.3 is 6.03 Å². The first-order valence-corrected chi connectivity index (χ1v) is 9.24. The van der Waals surface area contributed by atoms with Crippen molar-refractivity contribution in [2.75, 3.05) is 64.1 Å². The largest absolute Gasteiger partial charge is 0.375 e. The van der Waals surface area contributed by atoms with E-state index < -0.39 is 0 Å². The third-order valence-corrected chi connectivity index (χ3v) is 4.89. The first-order valence-electron chi connectivity index (χ1n) is 9.24. The molecule has 1 aromatic carbocycles. The van der Waals surface area contributed by atoms with Gasteiger partial charge in [0.05, 0.1) is 0 Å². The van der Waals surface area contributed by atoms with Crippen molar-refractivity contribution in [3.63, 3.8) is 0 Å². The number of anilines is 2. The van der Waals surface area contributed by atoms with Crippen LogP contribution in [0, 0.1) is 0 Å². The van der Waals surface area contributed by atoms with Crippen molar-refractivity contribution < 1.29 is 4.79 Å². The Morgan fingerprint density at radius 2 is 1.96 bits per heavy atom. The van der Waals surface area contributed by atoms with Gasteiger partial charge in [0.1, 0.15) is 0 Å². The number of rotatable bonds is 7. The molecule has 2 amide bonds. The molecule has 140 valence electrons. The minimum atomic E-state index is -0.145. The number of unbranched alkanes of at least 4 members (excludes halogenated alkanes) is 1. The summed E-state index contributed by atoms with van der Waals surface area (Å²) in [4.78, 5) is 19.0. The Labute approximate surface area is 152 Å². The Kier molecular flexibility index (Phi) is 7.52. The van der Waals surface area contributed by atoms with Gasteiger partial charge in [0, 0.05) is 57.2 Å². The number of urea groups is 1. The van der Waals surface area contributed by atoms with E-state index in [-0.39, 0.29) is 6.03 Å². The van der Waals surface area contributed by atoms with Crippen molar-refractivity contribution in [3.05, 3.63) is 24.3 Å². The first-order chi connectivity index (χ1) is 12.0. The van der Waals surface area contributed by atoms with Gasteiger partial charge in [-0.05, 0) is 44.8 Å². The highest BCUT2D eigenvalue weighted by atomic mass is 16.2. The summed E-state index contributed by atoms with van der Waals surface area (Å²) in [5.74, 6) is 0. The summed E-state index contributed by atoms with van der Waals surface area (Å²) in [7, 11) is 6.34. The molecule has 1 atom stereocenters. The summed E-state index contributed by atoms with van der Waals surface area (Å²) in [5, 5.41) is 5.90. The van der Waals surface area contributed by atoms with Crippen LogP contribution in [0.25, 0.3) is 0 Å². The Hall–Kier alpha value is -1.79. The maximum Gasteiger partial charge on any atom is 0.319 e. The zero-order valence-electron chi connectivity index (χ0n) is 16.1. The van der Waals surface area contributed by atoms with Gasteiger partial charge in [-0.25, -0.2) is 4.79 Å². The van der Waals surface area contributed by atoms with E-state index in [1.807, 2.05) is 12.1 Å². The molecule has 2 N–H and O–H groups in total. The molecule has 6 nitrogen and oxygen atoms in total. The molecular formula is C19H33N5O. The first kappa shape index (κ1) is 19.5. The summed E-state index contributed by atoms with van der Waals surface area (Å²) in [6, 6.07) is 8.23. The van der Waals surface area contributed by atoms with Crippen molar-refractivity contribution in [1.82, 2.24) is 15.1 Å². The molecule has 6 heteroatoms. The number of benzene rings is 1. The van der Waals surface area contributed by atoms with E-state index >= 15 is 0 Å². The number of hydrogen-bond donors (Lipinski definition) is 2. The van der Waals surface area contributed by atoms with Crippen LogP contribution in [0.1, 0.15) is 19.8 Å². The van der Waals surface area contributed by atoms with E-state index in [4.69, 9.17) is 0 Å². The van der Waals surface area contributed by atoms with E-state index in [9.17, 15) is 4.79 Å². The van der Waals surface area contributed by atoms with E-state index in [1.165, 1.54) is 18.5 Å². The predicted octanol–water partition coefficient (Wildman–Crippen LogP) is 2.29. The van der Waals surface area contributed by atoms with E-state index in [0.29, 0.717) is 12.6 Å². The van der Waals surface area contributed by atoms with Crippen LogP contribution in [-0.4, -0.2) is 75.7 Å². The molecule has 0 aliphatic carbocycles. The normalized spacial score (nSPS) is 18.8. The second kappa shape index (κ2) is 9.63. The number of nitrogens with one attached hydrogen (secondary N) is 2. The van der Waals surface area contributed by atoms with Crippen LogP contribution < -0.4 is 15.5 Å². The van der Waals surface area contributed by atoms with Crippen molar-refractivity contribution in [2.24, 2.45) is 0 Å². The van der Waals surface area contributed by atoms with Gasteiger partial charge in [-0.1, -0.05) is 13.3 Å². The Morgan fingerprint density at radius 3 is 2.64 bits per heavy atom. The molecule has 1 aromatic rings. The summed E-state index contributed by atoms with van der Waals surface area (Å²) in [6.45, 7) is 7.01. The van der Waals surface area contributed by atoms with Crippen LogP contribution in [0.4, 0.5) is 16.2 Å². The minimum absolute atomic E-state index is 0.145. The Bertz CT molecular complexity index is 533. The van der Waals surface area contributed by atoms with Crippen LogP contribution >= 0.6 is 0 Å². The lowest BCUT2D eigenvalue weighted by Gasteiger charge is -2.37. The van der Waals surface area contributed by atoms with Crippen molar-refractivity contribution in [3.8, 4) is 0 Å². The number of hydrogen-bond acceptors (Lipinski definition) is 4. The summed E-state index contributed by atoms with van der Waals surface area (Å²) < 4.78 is 0. The molecule has 0 bridgehead atoms. The minimum Gasteiger partial charge on any atom is -0.375 e. The monoisotopic (exact) mass is 347 g/mol. The van der Waals surface area contributed by atoms with E-state index in [1.54, 1.807) is 0 Å². The van der Waals surface area contributed by atoms with Gasteiger partial charge in [0.2, 0.25) is 0 Å². The van der Waals surface area contributed by atoms with Crippen LogP contribution in [-0.2, 0) is 0 Å². The summed E-state index contributed by atoms with van der Waals surface area (Å²) in [5.41, 5.74) is 1.99. The number of piperazine rings is 1. The average Bonchev–Trinajstić information content (AvgIpc) is 2.61. The second-order valence-corrected chi connectivity index (χ2v) is 7.05. The Balaban J connectivity index is 1.78. The SMILES string of the molecule is CCCCN(C)c1ccc(NC(=O)NCC2CN(C)CCN2C)cc1. The quantitative estimate of drug-likeness (QED) is 0.795. The molecule has 0 spiro atoms. The lowest BCUT2D eigenvalue weighted by molar-refractivity contribution is 0.115. The van der Waals surface area contributed by atoms with Crippen molar-refractivity contribution in [2.45, 2.75) is 25.8 Å². The lowest BCUT2D eigenvalue weighted by Crippen LogP contribution is -2.54. The standard InChI is InChI=1S/C19H33N5O/c1-5-6-11-23(3)17-9-7-16(8-10-17)21-19(25)20-14-18-15-22(2)12-13-24(18)4/h7-10,18H,5-6,11-15H2,1-4H3,(H2,20,21,25). The van der Waals surface area contributed by atoms with Crippen LogP contribution in [0.15, 0.2) is 24.3 Å². The smallest absolute Gasteiger partial charge is 0.319 e. The van der Waals surface area contributed by atoms with Gasteiger partial charge in [0.15, 0.2) is 0 Å². The average molecular weight is 348 g/mol. The molecule has 25 heavy (non-hydrogen) atoms. The summed E-state index contributed by atoms with van der Waals surface area (Å²) >= 11 is 0. The van der Waals surface area contributed by atoms with Crippen LogP contribution in [0.2, 0.25) is 0 Å². The highest BCUT2D eigenvalue weighted by Crippen LogP contribution is 2.17. The van der Waals surface area contributed by atoms with Crippen LogP contribution in [0.5, 0.6) is 0 Å². The molecule has 1 aliphatic rings. The molecule has 1 heterocycles. The van der Waals surface area contributed by atoms with Gasteiger partial charge < -0.3 is 20.4 Å². The van der Waals surface area contributed by atoms with E-state index in [0.717, 1.165) is 31.9 Å². The second-order valence-electron chi connectivity index (χ2n) is 7.05. The molecule has 1 unspecified atom stereocenters. The number of carbonyl (C=O) groups is 1. The van der Waals surface area contributed by atoms with Crippen LogP contribution in [0.3, 0.4) is 0 Å². The molecular weight excluding hydrogens is 314 g/mol. The number of amides is 2. The van der Waals surface area contributed by atoms with Crippen molar-refractivity contribution >= 4 is 17.4 Å².